The molecule has 0 atom stereocenters. The van der Waals surface area contributed by atoms with Gasteiger partial charge in [0.15, 0.2) is 0 Å². The molecule has 0 aliphatic rings. The molecule has 0 aliphatic carbocycles. The summed E-state index contributed by atoms with van der Waals surface area (Å²) in [6.07, 6.45) is -4.71. The zero-order chi connectivity index (χ0) is 12.5. The smallest absolute Gasteiger partial charge is 0.406 e. The van der Waals surface area contributed by atoms with Gasteiger partial charge in [0, 0.05) is 5.56 Å². The molecule has 0 aliphatic heterocycles. The van der Waals surface area contributed by atoms with Crippen LogP contribution in [0.2, 0.25) is 5.28 Å². The lowest BCUT2D eigenvalue weighted by Crippen LogP contribution is -2.16. The summed E-state index contributed by atoms with van der Waals surface area (Å²) in [7, 11) is 0. The van der Waals surface area contributed by atoms with Crippen LogP contribution in [0, 0.1) is 0 Å². The third-order valence-corrected chi connectivity index (χ3v) is 1.89. The molecular formula is C9H4ClF3N2O2. The Bertz CT molecular complexity index is 510. The quantitative estimate of drug-likeness (QED) is 0.835. The standard InChI is InChI=1S/C9H4ClF3N2O2/c10-8-14-7(17-15-8)5-1-3-6(4-2-5)16-9(11,12)13/h1-4H. The first-order valence-electron chi connectivity index (χ1n) is 4.29. The van der Waals surface area contributed by atoms with Crippen LogP contribution in [-0.2, 0) is 0 Å². The first-order valence-corrected chi connectivity index (χ1v) is 4.67. The summed E-state index contributed by atoms with van der Waals surface area (Å²) in [5.74, 6) is -0.208. The number of rotatable bonds is 2. The summed E-state index contributed by atoms with van der Waals surface area (Å²) in [5, 5.41) is 3.27. The molecule has 2 rings (SSSR count). The number of benzene rings is 1. The van der Waals surface area contributed by atoms with Crippen LogP contribution in [0.15, 0.2) is 28.8 Å². The number of halogens is 4. The van der Waals surface area contributed by atoms with Crippen LogP contribution in [0.3, 0.4) is 0 Å². The van der Waals surface area contributed by atoms with E-state index in [4.69, 9.17) is 16.1 Å². The van der Waals surface area contributed by atoms with Gasteiger partial charge in [-0.3, -0.25) is 0 Å². The van der Waals surface area contributed by atoms with Crippen LogP contribution in [-0.4, -0.2) is 16.5 Å². The average Bonchev–Trinajstić information content (AvgIpc) is 2.63. The fourth-order valence-electron chi connectivity index (χ4n) is 1.12. The van der Waals surface area contributed by atoms with Crippen molar-refractivity contribution in [3.8, 4) is 17.2 Å². The highest BCUT2D eigenvalue weighted by Gasteiger charge is 2.31. The Balaban J connectivity index is 2.19. The molecule has 17 heavy (non-hydrogen) atoms. The van der Waals surface area contributed by atoms with E-state index in [0.29, 0.717) is 5.56 Å². The molecule has 0 fully saturated rings. The predicted octanol–water partition coefficient (Wildman–Crippen LogP) is 3.29. The summed E-state index contributed by atoms with van der Waals surface area (Å²) in [5.41, 5.74) is 0.443. The maximum atomic E-state index is 11.9. The lowest BCUT2D eigenvalue weighted by atomic mass is 10.2. The minimum atomic E-state index is -4.71. The fraction of sp³-hybridized carbons (Fsp3) is 0.111. The number of hydrogen-bond donors (Lipinski definition) is 0. The van der Waals surface area contributed by atoms with E-state index in [0.717, 1.165) is 12.1 Å². The Morgan fingerprint density at radius 1 is 1.18 bits per heavy atom. The third kappa shape index (κ3) is 3.10. The van der Waals surface area contributed by atoms with E-state index in [1.54, 1.807) is 0 Å². The van der Waals surface area contributed by atoms with Gasteiger partial charge >= 0.3 is 6.36 Å². The van der Waals surface area contributed by atoms with Gasteiger partial charge in [0.2, 0.25) is 0 Å². The minimum Gasteiger partial charge on any atom is -0.406 e. The number of alkyl halides is 3. The zero-order valence-corrected chi connectivity index (χ0v) is 8.79. The van der Waals surface area contributed by atoms with Gasteiger partial charge in [-0.1, -0.05) is 0 Å². The SMILES string of the molecule is FC(F)(F)Oc1ccc(-c2nc(Cl)no2)cc1. The molecule has 0 spiro atoms. The van der Waals surface area contributed by atoms with Gasteiger partial charge in [-0.05, 0) is 41.0 Å². The van der Waals surface area contributed by atoms with Gasteiger partial charge in [0.1, 0.15) is 5.75 Å². The first-order chi connectivity index (χ1) is 7.94. The van der Waals surface area contributed by atoms with Crippen LogP contribution in [0.5, 0.6) is 5.75 Å². The Morgan fingerprint density at radius 3 is 2.29 bits per heavy atom. The number of nitrogens with zero attached hydrogens (tertiary/aromatic N) is 2. The summed E-state index contributed by atoms with van der Waals surface area (Å²) < 4.78 is 44.1. The maximum Gasteiger partial charge on any atom is 0.573 e. The summed E-state index contributed by atoms with van der Waals surface area (Å²) >= 11 is 5.44. The van der Waals surface area contributed by atoms with Crippen LogP contribution in [0.25, 0.3) is 11.5 Å². The summed E-state index contributed by atoms with van der Waals surface area (Å²) in [4.78, 5) is 3.71. The molecule has 0 bridgehead atoms. The van der Waals surface area contributed by atoms with E-state index in [1.165, 1.54) is 12.1 Å². The molecule has 0 amide bonds. The van der Waals surface area contributed by atoms with E-state index in [9.17, 15) is 13.2 Å². The molecule has 0 radical (unpaired) electrons. The van der Waals surface area contributed by atoms with Gasteiger partial charge in [-0.25, -0.2) is 0 Å². The Hall–Kier alpha value is -1.76. The van der Waals surface area contributed by atoms with Crippen molar-refractivity contribution in [1.29, 1.82) is 0 Å². The number of aromatic nitrogens is 2. The predicted molar refractivity (Wildman–Crippen MR) is 51.4 cm³/mol. The molecule has 0 unspecified atom stereocenters. The van der Waals surface area contributed by atoms with E-state index >= 15 is 0 Å². The van der Waals surface area contributed by atoms with E-state index < -0.39 is 6.36 Å². The molecule has 8 heteroatoms. The second kappa shape index (κ2) is 4.25. The third-order valence-electron chi connectivity index (χ3n) is 1.74. The fourth-order valence-corrected chi connectivity index (χ4v) is 1.23. The molecule has 1 aromatic carbocycles. The van der Waals surface area contributed by atoms with Gasteiger partial charge in [0.25, 0.3) is 11.2 Å². The van der Waals surface area contributed by atoms with E-state index in [-0.39, 0.29) is 16.9 Å². The van der Waals surface area contributed by atoms with Crippen molar-refractivity contribution < 1.29 is 22.4 Å². The van der Waals surface area contributed by atoms with Crippen LogP contribution < -0.4 is 4.74 Å². The van der Waals surface area contributed by atoms with Crippen molar-refractivity contribution in [2.24, 2.45) is 0 Å². The molecule has 1 aromatic heterocycles. The first kappa shape index (κ1) is 11.7. The molecular weight excluding hydrogens is 261 g/mol. The number of hydrogen-bond acceptors (Lipinski definition) is 4. The Labute approximate surface area is 98.0 Å². The van der Waals surface area contributed by atoms with Gasteiger partial charge in [-0.15, -0.1) is 13.2 Å². The molecule has 0 saturated heterocycles. The van der Waals surface area contributed by atoms with Gasteiger partial charge in [0.05, 0.1) is 0 Å². The highest BCUT2D eigenvalue weighted by atomic mass is 35.5. The van der Waals surface area contributed by atoms with Gasteiger partial charge in [-0.2, -0.15) is 4.98 Å². The summed E-state index contributed by atoms with van der Waals surface area (Å²) in [6.45, 7) is 0. The van der Waals surface area contributed by atoms with Crippen molar-refractivity contribution in [3.63, 3.8) is 0 Å². The van der Waals surface area contributed by atoms with Crippen molar-refractivity contribution in [3.05, 3.63) is 29.5 Å². The lowest BCUT2D eigenvalue weighted by Gasteiger charge is -2.08. The summed E-state index contributed by atoms with van der Waals surface area (Å²) in [6, 6.07) is 4.98. The second-order valence-electron chi connectivity index (χ2n) is 2.94. The van der Waals surface area contributed by atoms with Crippen molar-refractivity contribution in [2.45, 2.75) is 6.36 Å². The average molecular weight is 265 g/mol. The highest BCUT2D eigenvalue weighted by molar-refractivity contribution is 6.28. The zero-order valence-electron chi connectivity index (χ0n) is 8.03. The monoisotopic (exact) mass is 264 g/mol. The number of ether oxygens (including phenoxy) is 1. The normalized spacial score (nSPS) is 11.5. The Kier molecular flexibility index (Phi) is 2.93. The van der Waals surface area contributed by atoms with Crippen LogP contribution in [0.4, 0.5) is 13.2 Å². The van der Waals surface area contributed by atoms with Crippen molar-refractivity contribution >= 4 is 11.6 Å². The van der Waals surface area contributed by atoms with Crippen LogP contribution >= 0.6 is 11.6 Å². The molecule has 2 aromatic rings. The van der Waals surface area contributed by atoms with Crippen molar-refractivity contribution in [1.82, 2.24) is 10.1 Å². The molecule has 0 saturated carbocycles. The van der Waals surface area contributed by atoms with E-state index in [1.807, 2.05) is 0 Å². The topological polar surface area (TPSA) is 48.2 Å². The highest BCUT2D eigenvalue weighted by Crippen LogP contribution is 2.26. The van der Waals surface area contributed by atoms with E-state index in [2.05, 4.69) is 14.9 Å². The second-order valence-corrected chi connectivity index (χ2v) is 3.28. The maximum absolute atomic E-state index is 11.9. The minimum absolute atomic E-state index is 0.0735. The van der Waals surface area contributed by atoms with Gasteiger partial charge < -0.3 is 9.26 Å². The van der Waals surface area contributed by atoms with Crippen LogP contribution in [0.1, 0.15) is 0 Å². The Morgan fingerprint density at radius 2 is 1.82 bits per heavy atom. The molecule has 1 heterocycles. The molecule has 4 nitrogen and oxygen atoms in total. The molecule has 90 valence electrons. The largest absolute Gasteiger partial charge is 0.573 e. The molecule has 0 N–H and O–H groups in total. The van der Waals surface area contributed by atoms with Crippen molar-refractivity contribution in [2.75, 3.05) is 0 Å². The lowest BCUT2D eigenvalue weighted by molar-refractivity contribution is -0.274.